The summed E-state index contributed by atoms with van der Waals surface area (Å²) in [5.74, 6) is 0.0327. The van der Waals surface area contributed by atoms with E-state index in [0.717, 1.165) is 47.3 Å². The minimum atomic E-state index is -0.0129. The number of hydrogen-bond acceptors (Lipinski definition) is 3. The van der Waals surface area contributed by atoms with Crippen LogP contribution in [0.2, 0.25) is 0 Å². The van der Waals surface area contributed by atoms with Gasteiger partial charge in [0, 0.05) is 21.8 Å². The van der Waals surface area contributed by atoms with Gasteiger partial charge in [-0.25, -0.2) is 0 Å². The summed E-state index contributed by atoms with van der Waals surface area (Å²) >= 11 is 3.39. The molecule has 1 saturated heterocycles. The molecule has 2 N–H and O–H groups in total. The summed E-state index contributed by atoms with van der Waals surface area (Å²) < 4.78 is 0.984. The molecular weight excluding hydrogens is 418 g/mol. The average molecular weight is 444 g/mol. The largest absolute Gasteiger partial charge is 0.326 e. The van der Waals surface area contributed by atoms with Crippen LogP contribution in [0.5, 0.6) is 0 Å². The van der Waals surface area contributed by atoms with Crippen molar-refractivity contribution in [3.8, 4) is 0 Å². The van der Waals surface area contributed by atoms with Crippen molar-refractivity contribution in [2.24, 2.45) is 5.92 Å². The summed E-state index contributed by atoms with van der Waals surface area (Å²) in [5, 5.41) is 5.94. The minimum Gasteiger partial charge on any atom is -0.326 e. The van der Waals surface area contributed by atoms with E-state index >= 15 is 0 Å². The Kier molecular flexibility index (Phi) is 6.86. The topological polar surface area (TPSA) is 61.4 Å². The molecule has 1 fully saturated rings. The quantitative estimate of drug-likeness (QED) is 0.721. The van der Waals surface area contributed by atoms with Crippen LogP contribution in [-0.4, -0.2) is 36.3 Å². The molecule has 0 aliphatic carbocycles. The van der Waals surface area contributed by atoms with Gasteiger partial charge in [0.15, 0.2) is 0 Å². The van der Waals surface area contributed by atoms with Gasteiger partial charge >= 0.3 is 0 Å². The van der Waals surface area contributed by atoms with Crippen molar-refractivity contribution in [2.75, 3.05) is 30.3 Å². The van der Waals surface area contributed by atoms with Crippen molar-refractivity contribution in [3.05, 3.63) is 58.1 Å². The Morgan fingerprint density at radius 2 is 1.61 bits per heavy atom. The molecule has 1 aliphatic rings. The number of nitrogens with zero attached hydrogens (tertiary/aromatic N) is 1. The fourth-order valence-electron chi connectivity index (χ4n) is 3.35. The van der Waals surface area contributed by atoms with Crippen molar-refractivity contribution in [1.82, 2.24) is 4.90 Å². The number of anilines is 2. The monoisotopic (exact) mass is 443 g/mol. The Balaban J connectivity index is 1.44. The minimum absolute atomic E-state index is 0.0114. The number of amides is 2. The molecule has 1 aliphatic heterocycles. The number of piperidine rings is 1. The van der Waals surface area contributed by atoms with Crippen LogP contribution in [-0.2, 0) is 9.59 Å². The van der Waals surface area contributed by atoms with E-state index in [0.29, 0.717) is 6.54 Å². The lowest BCUT2D eigenvalue weighted by atomic mass is 9.96. The van der Waals surface area contributed by atoms with Gasteiger partial charge in [0.05, 0.1) is 6.54 Å². The molecule has 2 amide bonds. The molecule has 0 unspecified atom stereocenters. The molecule has 2 aromatic carbocycles. The van der Waals surface area contributed by atoms with Crippen molar-refractivity contribution in [1.29, 1.82) is 0 Å². The Labute approximate surface area is 174 Å². The number of rotatable bonds is 5. The SMILES string of the molecule is Cc1ccc(NC(=O)CN2CCC(C(=O)Nc3ccc(Br)cc3)CC2)cc1C. The smallest absolute Gasteiger partial charge is 0.238 e. The Bertz CT molecular complexity index is 843. The highest BCUT2D eigenvalue weighted by molar-refractivity contribution is 9.10. The molecular formula is C22H26BrN3O2. The fraction of sp³-hybridized carbons (Fsp3) is 0.364. The molecule has 1 heterocycles. The van der Waals surface area contributed by atoms with Crippen molar-refractivity contribution < 1.29 is 9.59 Å². The lowest BCUT2D eigenvalue weighted by molar-refractivity contribution is -0.121. The van der Waals surface area contributed by atoms with Crippen LogP contribution in [0.25, 0.3) is 0 Å². The van der Waals surface area contributed by atoms with Gasteiger partial charge in [0.25, 0.3) is 0 Å². The van der Waals surface area contributed by atoms with E-state index in [1.807, 2.05) is 49.4 Å². The third-order valence-corrected chi connectivity index (χ3v) is 5.76. The van der Waals surface area contributed by atoms with Gasteiger partial charge < -0.3 is 10.6 Å². The normalized spacial score (nSPS) is 15.2. The maximum Gasteiger partial charge on any atom is 0.238 e. The van der Waals surface area contributed by atoms with E-state index in [9.17, 15) is 9.59 Å². The molecule has 2 aromatic rings. The summed E-state index contributed by atoms with van der Waals surface area (Å²) in [6.45, 7) is 5.94. The van der Waals surface area contributed by atoms with Gasteiger partial charge in [-0.05, 0) is 87.3 Å². The van der Waals surface area contributed by atoms with Crippen molar-refractivity contribution >= 4 is 39.1 Å². The number of benzene rings is 2. The maximum atomic E-state index is 12.5. The molecule has 3 rings (SSSR count). The van der Waals surface area contributed by atoms with Crippen LogP contribution in [0.15, 0.2) is 46.9 Å². The van der Waals surface area contributed by atoms with Crippen molar-refractivity contribution in [3.63, 3.8) is 0 Å². The first-order valence-corrected chi connectivity index (χ1v) is 10.4. The van der Waals surface area contributed by atoms with E-state index in [-0.39, 0.29) is 17.7 Å². The van der Waals surface area contributed by atoms with Crippen LogP contribution in [0.1, 0.15) is 24.0 Å². The van der Waals surface area contributed by atoms with Gasteiger partial charge in [0.1, 0.15) is 0 Å². The molecule has 0 atom stereocenters. The lowest BCUT2D eigenvalue weighted by Crippen LogP contribution is -2.41. The highest BCUT2D eigenvalue weighted by atomic mass is 79.9. The van der Waals surface area contributed by atoms with Crippen LogP contribution in [0, 0.1) is 19.8 Å². The third kappa shape index (κ3) is 5.66. The highest BCUT2D eigenvalue weighted by Crippen LogP contribution is 2.21. The molecule has 28 heavy (non-hydrogen) atoms. The first-order valence-electron chi connectivity index (χ1n) is 9.56. The number of hydrogen-bond donors (Lipinski definition) is 2. The number of likely N-dealkylation sites (tertiary alicyclic amines) is 1. The van der Waals surface area contributed by atoms with Gasteiger partial charge in [-0.3, -0.25) is 14.5 Å². The zero-order valence-corrected chi connectivity index (χ0v) is 17.9. The second kappa shape index (κ2) is 9.34. The second-order valence-electron chi connectivity index (χ2n) is 7.39. The summed E-state index contributed by atoms with van der Waals surface area (Å²) in [6.07, 6.45) is 1.53. The number of nitrogens with one attached hydrogen (secondary N) is 2. The second-order valence-corrected chi connectivity index (χ2v) is 8.31. The molecule has 0 bridgehead atoms. The van der Waals surface area contributed by atoms with E-state index in [1.165, 1.54) is 5.56 Å². The first kappa shape index (κ1) is 20.6. The Morgan fingerprint density at radius 1 is 0.964 bits per heavy atom. The molecule has 0 aromatic heterocycles. The van der Waals surface area contributed by atoms with Crippen LogP contribution in [0.3, 0.4) is 0 Å². The van der Waals surface area contributed by atoms with E-state index < -0.39 is 0 Å². The Morgan fingerprint density at radius 3 is 2.25 bits per heavy atom. The number of carbonyl (C=O) groups excluding carboxylic acids is 2. The standard InChI is InChI=1S/C22H26BrN3O2/c1-15-3-6-20(13-16(15)2)24-21(27)14-26-11-9-17(10-12-26)22(28)25-19-7-4-18(23)5-8-19/h3-8,13,17H,9-12,14H2,1-2H3,(H,24,27)(H,25,28). The summed E-state index contributed by atoms with van der Waals surface area (Å²) in [6, 6.07) is 13.5. The van der Waals surface area contributed by atoms with Gasteiger partial charge in [-0.1, -0.05) is 22.0 Å². The van der Waals surface area contributed by atoms with Crippen molar-refractivity contribution in [2.45, 2.75) is 26.7 Å². The summed E-state index contributed by atoms with van der Waals surface area (Å²) in [5.41, 5.74) is 4.01. The zero-order chi connectivity index (χ0) is 20.1. The predicted octanol–water partition coefficient (Wildman–Crippen LogP) is 4.36. The summed E-state index contributed by atoms with van der Waals surface area (Å²) in [4.78, 5) is 26.9. The number of carbonyl (C=O) groups is 2. The van der Waals surface area contributed by atoms with Crippen LogP contribution < -0.4 is 10.6 Å². The fourth-order valence-corrected chi connectivity index (χ4v) is 3.62. The number of aryl methyl sites for hydroxylation is 2. The van der Waals surface area contributed by atoms with Gasteiger partial charge in [-0.15, -0.1) is 0 Å². The van der Waals surface area contributed by atoms with Crippen LogP contribution in [0.4, 0.5) is 11.4 Å². The van der Waals surface area contributed by atoms with E-state index in [4.69, 9.17) is 0 Å². The third-order valence-electron chi connectivity index (χ3n) is 5.23. The number of halogens is 1. The van der Waals surface area contributed by atoms with Gasteiger partial charge in [0.2, 0.25) is 11.8 Å². The zero-order valence-electron chi connectivity index (χ0n) is 16.3. The van der Waals surface area contributed by atoms with Crippen LogP contribution >= 0.6 is 15.9 Å². The molecule has 0 radical (unpaired) electrons. The maximum absolute atomic E-state index is 12.5. The molecule has 0 spiro atoms. The lowest BCUT2D eigenvalue weighted by Gasteiger charge is -2.30. The molecule has 6 heteroatoms. The van der Waals surface area contributed by atoms with E-state index in [1.54, 1.807) is 0 Å². The average Bonchev–Trinajstić information content (AvgIpc) is 2.67. The first-order chi connectivity index (χ1) is 13.4. The van der Waals surface area contributed by atoms with E-state index in [2.05, 4.69) is 38.4 Å². The highest BCUT2D eigenvalue weighted by Gasteiger charge is 2.26. The Hall–Kier alpha value is -2.18. The predicted molar refractivity (Wildman–Crippen MR) is 116 cm³/mol. The summed E-state index contributed by atoms with van der Waals surface area (Å²) in [7, 11) is 0. The molecule has 148 valence electrons. The molecule has 5 nitrogen and oxygen atoms in total. The van der Waals surface area contributed by atoms with Gasteiger partial charge in [-0.2, -0.15) is 0 Å². The molecule has 0 saturated carbocycles.